The van der Waals surface area contributed by atoms with Crippen LogP contribution in [0.25, 0.3) is 11.0 Å². The highest BCUT2D eigenvalue weighted by molar-refractivity contribution is 9.10. The number of anilines is 1. The number of aryl methyl sites for hydroxylation is 1. The number of benzene rings is 2. The molecule has 0 fully saturated rings. The number of rotatable bonds is 5. The van der Waals surface area contributed by atoms with Crippen LogP contribution in [-0.4, -0.2) is 17.5 Å². The Morgan fingerprint density at radius 3 is 2.88 bits per heavy atom. The van der Waals surface area contributed by atoms with Crippen LogP contribution >= 0.6 is 27.3 Å². The normalized spacial score (nSPS) is 15.2. The standard InChI is InChI=1S/C24H17BrN2O4S/c1-3-9-30-16-6-4-5-14(10-16)20-19-21(28)17-11-15(25)7-8-18(17)31-22(19)23(29)27(20)24-26-13(2)12-32-24/h3-8,10-12,20H,1,9H2,2H3/t20-/m0/s1. The molecule has 1 aliphatic heterocycles. The Morgan fingerprint density at radius 1 is 1.28 bits per heavy atom. The Morgan fingerprint density at radius 2 is 2.12 bits per heavy atom. The minimum atomic E-state index is -0.685. The van der Waals surface area contributed by atoms with E-state index < -0.39 is 11.9 Å². The van der Waals surface area contributed by atoms with E-state index in [9.17, 15) is 9.59 Å². The highest BCUT2D eigenvalue weighted by atomic mass is 79.9. The maximum absolute atomic E-state index is 13.6. The number of fused-ring (bicyclic) bond motifs is 2. The zero-order valence-electron chi connectivity index (χ0n) is 17.0. The van der Waals surface area contributed by atoms with Gasteiger partial charge in [0.25, 0.3) is 5.91 Å². The van der Waals surface area contributed by atoms with Gasteiger partial charge in [-0.3, -0.25) is 14.5 Å². The summed E-state index contributed by atoms with van der Waals surface area (Å²) in [4.78, 5) is 33.2. The molecule has 1 atom stereocenters. The molecule has 3 heterocycles. The Kier molecular flexibility index (Phi) is 5.19. The predicted molar refractivity (Wildman–Crippen MR) is 128 cm³/mol. The predicted octanol–water partition coefficient (Wildman–Crippen LogP) is 5.64. The van der Waals surface area contributed by atoms with Gasteiger partial charge in [-0.1, -0.05) is 40.7 Å². The maximum Gasteiger partial charge on any atom is 0.297 e. The number of amides is 1. The number of nitrogens with zero attached hydrogens (tertiary/aromatic N) is 2. The summed E-state index contributed by atoms with van der Waals surface area (Å²) in [7, 11) is 0. The van der Waals surface area contributed by atoms with E-state index >= 15 is 0 Å². The monoisotopic (exact) mass is 508 g/mol. The molecule has 32 heavy (non-hydrogen) atoms. The van der Waals surface area contributed by atoms with Crippen molar-refractivity contribution in [3.05, 3.63) is 97.8 Å². The second-order valence-electron chi connectivity index (χ2n) is 7.34. The molecule has 5 rings (SSSR count). The first-order chi connectivity index (χ1) is 15.5. The minimum absolute atomic E-state index is 0.0417. The van der Waals surface area contributed by atoms with Gasteiger partial charge in [-0.05, 0) is 42.8 Å². The molecule has 160 valence electrons. The van der Waals surface area contributed by atoms with Crippen molar-refractivity contribution in [1.29, 1.82) is 0 Å². The summed E-state index contributed by atoms with van der Waals surface area (Å²) in [5, 5.41) is 2.79. The topological polar surface area (TPSA) is 72.6 Å². The third-order valence-electron chi connectivity index (χ3n) is 5.19. The summed E-state index contributed by atoms with van der Waals surface area (Å²) >= 11 is 4.76. The molecular weight excluding hydrogens is 492 g/mol. The molecule has 0 aliphatic carbocycles. The lowest BCUT2D eigenvalue weighted by Gasteiger charge is -2.23. The van der Waals surface area contributed by atoms with Gasteiger partial charge in [0.2, 0.25) is 5.76 Å². The van der Waals surface area contributed by atoms with E-state index in [4.69, 9.17) is 9.15 Å². The van der Waals surface area contributed by atoms with E-state index in [1.54, 1.807) is 24.3 Å². The first-order valence-corrected chi connectivity index (χ1v) is 11.5. The molecule has 1 amide bonds. The molecule has 0 bridgehead atoms. The average molecular weight is 509 g/mol. The number of ether oxygens (including phenoxy) is 1. The Bertz CT molecular complexity index is 1440. The van der Waals surface area contributed by atoms with Crippen LogP contribution < -0.4 is 15.1 Å². The van der Waals surface area contributed by atoms with Crippen molar-refractivity contribution in [3.63, 3.8) is 0 Å². The van der Waals surface area contributed by atoms with E-state index in [2.05, 4.69) is 27.5 Å². The zero-order valence-corrected chi connectivity index (χ0v) is 19.4. The van der Waals surface area contributed by atoms with E-state index in [-0.39, 0.29) is 11.2 Å². The molecule has 0 unspecified atom stereocenters. The van der Waals surface area contributed by atoms with Crippen molar-refractivity contribution in [3.8, 4) is 5.75 Å². The zero-order chi connectivity index (χ0) is 22.4. The van der Waals surface area contributed by atoms with Crippen molar-refractivity contribution in [2.45, 2.75) is 13.0 Å². The molecule has 2 aromatic heterocycles. The van der Waals surface area contributed by atoms with Crippen LogP contribution in [0.2, 0.25) is 0 Å². The Hall–Kier alpha value is -3.23. The molecule has 6 nitrogen and oxygen atoms in total. The second-order valence-corrected chi connectivity index (χ2v) is 9.09. The van der Waals surface area contributed by atoms with Crippen molar-refractivity contribution >= 4 is 49.3 Å². The summed E-state index contributed by atoms with van der Waals surface area (Å²) in [6.07, 6.45) is 1.66. The van der Waals surface area contributed by atoms with Crippen molar-refractivity contribution in [2.75, 3.05) is 11.5 Å². The molecule has 0 spiro atoms. The first-order valence-electron chi connectivity index (χ1n) is 9.83. The summed E-state index contributed by atoms with van der Waals surface area (Å²) in [5.41, 5.74) is 1.95. The fourth-order valence-corrected chi connectivity index (χ4v) is 5.03. The second kappa shape index (κ2) is 8.03. The SMILES string of the molecule is C=CCOc1cccc([C@H]2c3c(oc4ccc(Br)cc4c3=O)C(=O)N2c2nc(C)cs2)c1. The molecule has 2 aromatic carbocycles. The van der Waals surface area contributed by atoms with E-state index in [0.717, 1.165) is 15.7 Å². The van der Waals surface area contributed by atoms with Gasteiger partial charge in [0.1, 0.15) is 17.9 Å². The van der Waals surface area contributed by atoms with Crippen LogP contribution in [-0.2, 0) is 0 Å². The van der Waals surface area contributed by atoms with Crippen molar-refractivity contribution in [2.24, 2.45) is 0 Å². The molecule has 1 aliphatic rings. The van der Waals surface area contributed by atoms with Crippen molar-refractivity contribution in [1.82, 2.24) is 4.98 Å². The Balaban J connectivity index is 1.77. The van der Waals surface area contributed by atoms with Gasteiger partial charge in [-0.15, -0.1) is 11.3 Å². The molecule has 0 radical (unpaired) electrons. The van der Waals surface area contributed by atoms with Crippen LogP contribution in [0.1, 0.15) is 33.4 Å². The van der Waals surface area contributed by atoms with Gasteiger partial charge in [0.05, 0.1) is 22.7 Å². The quantitative estimate of drug-likeness (QED) is 0.326. The van der Waals surface area contributed by atoms with Gasteiger partial charge in [0, 0.05) is 9.85 Å². The van der Waals surface area contributed by atoms with Gasteiger partial charge < -0.3 is 9.15 Å². The lowest BCUT2D eigenvalue weighted by atomic mass is 9.98. The fraction of sp³-hybridized carbons (Fsp3) is 0.125. The number of hydrogen-bond donors (Lipinski definition) is 0. The van der Waals surface area contributed by atoms with Crippen LogP contribution in [0, 0.1) is 6.92 Å². The van der Waals surface area contributed by atoms with E-state index in [0.29, 0.717) is 34.0 Å². The largest absolute Gasteiger partial charge is 0.490 e. The van der Waals surface area contributed by atoms with E-state index in [1.807, 2.05) is 36.6 Å². The third kappa shape index (κ3) is 3.36. The number of carbonyl (C=O) groups is 1. The summed E-state index contributed by atoms with van der Waals surface area (Å²) in [6.45, 7) is 5.88. The lowest BCUT2D eigenvalue weighted by Crippen LogP contribution is -2.29. The van der Waals surface area contributed by atoms with Crippen molar-refractivity contribution < 1.29 is 13.9 Å². The minimum Gasteiger partial charge on any atom is -0.490 e. The molecule has 4 aromatic rings. The first kappa shape index (κ1) is 20.7. The number of halogens is 1. The van der Waals surface area contributed by atoms with Gasteiger partial charge in [-0.2, -0.15) is 0 Å². The smallest absolute Gasteiger partial charge is 0.297 e. The number of thiazole rings is 1. The fourth-order valence-electron chi connectivity index (χ4n) is 3.84. The van der Waals surface area contributed by atoms with E-state index in [1.165, 1.54) is 16.2 Å². The summed E-state index contributed by atoms with van der Waals surface area (Å²) < 4.78 is 12.4. The molecule has 0 saturated carbocycles. The summed E-state index contributed by atoms with van der Waals surface area (Å²) in [6, 6.07) is 11.8. The molecule has 0 N–H and O–H groups in total. The van der Waals surface area contributed by atoms with Gasteiger partial charge in [0.15, 0.2) is 10.6 Å². The number of hydrogen-bond acceptors (Lipinski definition) is 6. The average Bonchev–Trinajstić information content (AvgIpc) is 3.34. The van der Waals surface area contributed by atoms with Crippen LogP contribution in [0.3, 0.4) is 0 Å². The lowest BCUT2D eigenvalue weighted by molar-refractivity contribution is 0.0971. The molecule has 0 saturated heterocycles. The van der Waals surface area contributed by atoms with Gasteiger partial charge in [-0.25, -0.2) is 4.98 Å². The number of carbonyl (C=O) groups excluding carboxylic acids is 1. The number of aromatic nitrogens is 1. The highest BCUT2D eigenvalue weighted by Gasteiger charge is 2.45. The maximum atomic E-state index is 13.6. The Labute approximate surface area is 195 Å². The highest BCUT2D eigenvalue weighted by Crippen LogP contribution is 2.42. The molecular formula is C24H17BrN2O4S. The summed E-state index contributed by atoms with van der Waals surface area (Å²) in [5.74, 6) is 0.269. The van der Waals surface area contributed by atoms with Crippen LogP contribution in [0.5, 0.6) is 5.75 Å². The van der Waals surface area contributed by atoms with Crippen LogP contribution in [0.4, 0.5) is 5.13 Å². The van der Waals surface area contributed by atoms with Crippen LogP contribution in [0.15, 0.2) is 74.2 Å². The van der Waals surface area contributed by atoms with Gasteiger partial charge >= 0.3 is 0 Å². The third-order valence-corrected chi connectivity index (χ3v) is 6.64. The molecule has 8 heteroatoms.